The molecule has 0 aliphatic carbocycles. The molecule has 1 nitrogen and oxygen atoms in total. The number of hydrogen-bond acceptors (Lipinski definition) is 3. The average Bonchev–Trinajstić information content (AvgIpc) is 2.65. The molecule has 0 atom stereocenters. The maximum Gasteiger partial charge on any atom is 0.165 e. The Morgan fingerprint density at radius 1 is 1.31 bits per heavy atom. The van der Waals surface area contributed by atoms with Crippen LogP contribution in [0.3, 0.4) is 0 Å². The van der Waals surface area contributed by atoms with Gasteiger partial charge in [-0.3, -0.25) is 4.79 Å². The summed E-state index contributed by atoms with van der Waals surface area (Å²) in [5.74, 6) is 2.62. The Kier molecular flexibility index (Phi) is 3.65. The Labute approximate surface area is 105 Å². The first-order chi connectivity index (χ1) is 7.61. The van der Waals surface area contributed by atoms with Gasteiger partial charge in [0.2, 0.25) is 0 Å². The molecule has 1 heterocycles. The van der Waals surface area contributed by atoms with Crippen molar-refractivity contribution in [3.05, 3.63) is 35.4 Å². The van der Waals surface area contributed by atoms with Crippen molar-refractivity contribution < 1.29 is 4.79 Å². The van der Waals surface area contributed by atoms with Crippen LogP contribution >= 0.6 is 23.5 Å². The van der Waals surface area contributed by atoms with Crippen molar-refractivity contribution in [1.29, 1.82) is 0 Å². The number of Topliss-reactive ketones (excluding diaryl/α,β-unsaturated/α-hetero) is 1. The molecular weight excluding hydrogens is 236 g/mol. The van der Waals surface area contributed by atoms with E-state index in [0.717, 1.165) is 11.1 Å². The third-order valence-corrected chi connectivity index (χ3v) is 6.12. The predicted octanol–water partition coefficient (Wildman–Crippen LogP) is 3.76. The quantitative estimate of drug-likeness (QED) is 0.762. The van der Waals surface area contributed by atoms with Gasteiger partial charge >= 0.3 is 0 Å². The summed E-state index contributed by atoms with van der Waals surface area (Å²) in [5.41, 5.74) is 1.97. The summed E-state index contributed by atoms with van der Waals surface area (Å²) in [5, 5.41) is 0. The minimum absolute atomic E-state index is 0.0966. The molecule has 0 aromatic heterocycles. The summed E-state index contributed by atoms with van der Waals surface area (Å²) in [7, 11) is 0. The van der Waals surface area contributed by atoms with Crippen molar-refractivity contribution >= 4 is 29.3 Å². The van der Waals surface area contributed by atoms with Crippen LogP contribution in [0.2, 0.25) is 0 Å². The topological polar surface area (TPSA) is 17.1 Å². The lowest BCUT2D eigenvalue weighted by molar-refractivity contribution is 0.0980. The van der Waals surface area contributed by atoms with E-state index in [-0.39, 0.29) is 9.86 Å². The van der Waals surface area contributed by atoms with Crippen molar-refractivity contribution in [2.45, 2.75) is 24.3 Å². The van der Waals surface area contributed by atoms with Crippen molar-refractivity contribution in [3.63, 3.8) is 0 Å². The fraction of sp³-hybridized carbons (Fsp3) is 0.462. The van der Waals surface area contributed by atoms with Gasteiger partial charge in [0, 0.05) is 23.5 Å². The molecule has 0 unspecified atom stereocenters. The van der Waals surface area contributed by atoms with Gasteiger partial charge in [0.25, 0.3) is 0 Å². The van der Waals surface area contributed by atoms with Crippen LogP contribution in [0.5, 0.6) is 0 Å². The smallest absolute Gasteiger partial charge is 0.165 e. The van der Waals surface area contributed by atoms with Gasteiger partial charge in [-0.15, -0.1) is 23.5 Å². The third kappa shape index (κ3) is 2.64. The summed E-state index contributed by atoms with van der Waals surface area (Å²) in [6.07, 6.45) is 0.646. The first-order valence-electron chi connectivity index (χ1n) is 5.47. The fourth-order valence-electron chi connectivity index (χ4n) is 1.93. The first kappa shape index (κ1) is 12.1. The largest absolute Gasteiger partial charge is 0.294 e. The van der Waals surface area contributed by atoms with Crippen LogP contribution in [-0.2, 0) is 0 Å². The monoisotopic (exact) mass is 252 g/mol. The van der Waals surface area contributed by atoms with E-state index in [2.05, 4.69) is 6.92 Å². The molecule has 1 fully saturated rings. The van der Waals surface area contributed by atoms with Crippen LogP contribution in [0.15, 0.2) is 24.3 Å². The van der Waals surface area contributed by atoms with Gasteiger partial charge in [-0.1, -0.05) is 24.3 Å². The molecule has 3 heteroatoms. The van der Waals surface area contributed by atoms with Gasteiger partial charge < -0.3 is 0 Å². The number of aryl methyl sites for hydroxylation is 1. The second-order valence-corrected chi connectivity index (χ2v) is 7.70. The molecule has 1 aliphatic heterocycles. The molecule has 0 bridgehead atoms. The molecule has 0 radical (unpaired) electrons. The number of ketones is 1. The fourth-order valence-corrected chi connectivity index (χ4v) is 4.76. The van der Waals surface area contributed by atoms with Gasteiger partial charge in [0.15, 0.2) is 5.78 Å². The first-order valence-corrected chi connectivity index (χ1v) is 7.45. The molecule has 16 heavy (non-hydrogen) atoms. The van der Waals surface area contributed by atoms with E-state index in [1.807, 2.05) is 54.7 Å². The highest BCUT2D eigenvalue weighted by Crippen LogP contribution is 2.46. The molecule has 86 valence electrons. The average molecular weight is 252 g/mol. The normalized spacial score (nSPS) is 18.6. The lowest BCUT2D eigenvalue weighted by Gasteiger charge is -2.20. The molecule has 1 aliphatic rings. The second kappa shape index (κ2) is 4.84. The minimum atomic E-state index is 0.0966. The molecule has 0 amide bonds. The Morgan fingerprint density at radius 3 is 2.56 bits per heavy atom. The van der Waals surface area contributed by atoms with Crippen LogP contribution < -0.4 is 0 Å². The zero-order valence-corrected chi connectivity index (χ0v) is 11.3. The summed E-state index contributed by atoms with van der Waals surface area (Å²) >= 11 is 3.83. The van der Waals surface area contributed by atoms with Crippen LogP contribution in [0.4, 0.5) is 0 Å². The van der Waals surface area contributed by atoms with Crippen molar-refractivity contribution in [2.24, 2.45) is 0 Å². The van der Waals surface area contributed by atoms with Crippen molar-refractivity contribution in [2.75, 3.05) is 11.5 Å². The van der Waals surface area contributed by atoms with Gasteiger partial charge in [-0.2, -0.15) is 0 Å². The third-order valence-electron chi connectivity index (χ3n) is 2.83. The highest BCUT2D eigenvalue weighted by atomic mass is 32.2. The molecular formula is C13H16OS2. The summed E-state index contributed by atoms with van der Waals surface area (Å²) < 4.78 is 0.0966. The molecule has 0 saturated carbocycles. The Balaban J connectivity index is 2.11. The summed E-state index contributed by atoms with van der Waals surface area (Å²) in [6, 6.07) is 7.86. The number of rotatable bonds is 3. The Bertz CT molecular complexity index is 395. The van der Waals surface area contributed by atoms with Crippen LogP contribution in [-0.4, -0.2) is 21.4 Å². The van der Waals surface area contributed by atoms with Crippen LogP contribution in [0, 0.1) is 6.92 Å². The minimum Gasteiger partial charge on any atom is -0.294 e. The van der Waals surface area contributed by atoms with Gasteiger partial charge in [-0.25, -0.2) is 0 Å². The van der Waals surface area contributed by atoms with Gasteiger partial charge in [0.05, 0.1) is 4.08 Å². The molecule has 1 saturated heterocycles. The molecule has 0 N–H and O–H groups in total. The number of carbonyl (C=O) groups excluding carboxylic acids is 1. The molecule has 1 aromatic rings. The van der Waals surface area contributed by atoms with Crippen LogP contribution in [0.1, 0.15) is 29.3 Å². The van der Waals surface area contributed by atoms with E-state index in [0.29, 0.717) is 6.42 Å². The van der Waals surface area contributed by atoms with E-state index < -0.39 is 0 Å². The Morgan fingerprint density at radius 2 is 1.94 bits per heavy atom. The maximum absolute atomic E-state index is 12.2. The standard InChI is InChI=1S/C13H16OS2/c1-10-5-3-4-6-11(10)12(14)9-13(2)15-7-8-16-13/h3-6H,7-9H2,1-2H3. The van der Waals surface area contributed by atoms with Gasteiger partial charge in [-0.05, 0) is 19.4 Å². The van der Waals surface area contributed by atoms with E-state index in [1.54, 1.807) is 0 Å². The number of benzene rings is 1. The van der Waals surface area contributed by atoms with E-state index in [9.17, 15) is 4.79 Å². The van der Waals surface area contributed by atoms with Crippen molar-refractivity contribution in [3.8, 4) is 0 Å². The second-order valence-electron chi connectivity index (χ2n) is 4.25. The Hall–Kier alpha value is -0.410. The highest BCUT2D eigenvalue weighted by molar-refractivity contribution is 8.21. The predicted molar refractivity (Wildman–Crippen MR) is 73.4 cm³/mol. The number of hydrogen-bond donors (Lipinski definition) is 0. The van der Waals surface area contributed by atoms with Crippen molar-refractivity contribution in [1.82, 2.24) is 0 Å². The molecule has 0 spiro atoms. The van der Waals surface area contributed by atoms with Gasteiger partial charge in [0.1, 0.15) is 0 Å². The summed E-state index contributed by atoms with van der Waals surface area (Å²) in [4.78, 5) is 12.2. The zero-order chi connectivity index (χ0) is 11.6. The maximum atomic E-state index is 12.2. The van der Waals surface area contributed by atoms with Crippen LogP contribution in [0.25, 0.3) is 0 Å². The lowest BCUT2D eigenvalue weighted by Crippen LogP contribution is -2.18. The van der Waals surface area contributed by atoms with E-state index >= 15 is 0 Å². The molecule has 2 rings (SSSR count). The zero-order valence-electron chi connectivity index (χ0n) is 9.66. The van der Waals surface area contributed by atoms with E-state index in [4.69, 9.17) is 0 Å². The highest BCUT2D eigenvalue weighted by Gasteiger charge is 2.33. The lowest BCUT2D eigenvalue weighted by atomic mass is 10.0. The summed E-state index contributed by atoms with van der Waals surface area (Å²) in [6.45, 7) is 4.19. The number of carbonyl (C=O) groups is 1. The molecule has 1 aromatic carbocycles. The van der Waals surface area contributed by atoms with E-state index in [1.165, 1.54) is 11.5 Å². The number of thioether (sulfide) groups is 2. The SMILES string of the molecule is Cc1ccccc1C(=O)CC1(C)SCCS1.